The van der Waals surface area contributed by atoms with Crippen LogP contribution in [0.5, 0.6) is 0 Å². The van der Waals surface area contributed by atoms with Gasteiger partial charge in [-0.05, 0) is 79.0 Å². The Labute approximate surface area is 172 Å². The van der Waals surface area contributed by atoms with E-state index in [1.54, 1.807) is 12.1 Å². The maximum Gasteiger partial charge on any atom is 0.229 e. The lowest BCUT2D eigenvalue weighted by atomic mass is 10.0. The van der Waals surface area contributed by atoms with Crippen molar-refractivity contribution in [3.05, 3.63) is 76.8 Å². The zero-order valence-electron chi connectivity index (χ0n) is 21.1. The van der Waals surface area contributed by atoms with E-state index in [0.29, 0.717) is 5.69 Å². The van der Waals surface area contributed by atoms with E-state index in [4.69, 9.17) is 18.7 Å². The number of nitriles is 2. The van der Waals surface area contributed by atoms with Gasteiger partial charge < -0.3 is 10.6 Å². The monoisotopic (exact) mass is 372 g/mol. The molecule has 0 aliphatic rings. The lowest BCUT2D eigenvalue weighted by molar-refractivity contribution is 1.16. The average Bonchev–Trinajstić information content (AvgIpc) is 2.79. The van der Waals surface area contributed by atoms with Gasteiger partial charge in [0.05, 0.1) is 25.9 Å². The Morgan fingerprint density at radius 3 is 2.39 bits per heavy atom. The van der Waals surface area contributed by atoms with E-state index in [-0.39, 0.29) is 29.1 Å². The lowest BCUT2D eigenvalue weighted by Crippen LogP contribution is -2.02. The normalized spacial score (nSPS) is 13.3. The van der Waals surface area contributed by atoms with Crippen molar-refractivity contribution in [3.8, 4) is 12.1 Å². The van der Waals surface area contributed by atoms with Crippen LogP contribution in [0.4, 0.5) is 23.1 Å². The number of anilines is 4. The highest BCUT2D eigenvalue weighted by Crippen LogP contribution is 2.26. The van der Waals surface area contributed by atoms with E-state index in [1.807, 2.05) is 32.0 Å². The van der Waals surface area contributed by atoms with Crippen molar-refractivity contribution in [2.45, 2.75) is 13.8 Å². The van der Waals surface area contributed by atoms with Crippen molar-refractivity contribution in [1.82, 2.24) is 9.97 Å². The van der Waals surface area contributed by atoms with Crippen LogP contribution >= 0.6 is 0 Å². The molecule has 136 valence electrons. The molecule has 1 aromatic heterocycles. The van der Waals surface area contributed by atoms with Gasteiger partial charge in [0.25, 0.3) is 0 Å². The van der Waals surface area contributed by atoms with E-state index >= 15 is 0 Å². The topological polar surface area (TPSA) is 97.4 Å². The van der Waals surface area contributed by atoms with Gasteiger partial charge >= 0.3 is 0 Å². The highest BCUT2D eigenvalue weighted by molar-refractivity contribution is 5.69. The third-order valence-corrected chi connectivity index (χ3v) is 3.68. The molecule has 2 aromatic carbocycles. The fourth-order valence-electron chi connectivity index (χ4n) is 2.49. The number of aryl methyl sites for hydroxylation is 2. The Morgan fingerprint density at radius 1 is 1.04 bits per heavy atom. The summed E-state index contributed by atoms with van der Waals surface area (Å²) in [6, 6.07) is 5.02. The first kappa shape index (κ1) is 12.3. The SMILES string of the molecule is [2H]c1nc(Nc2c([2H])c([2H])c(C#N)c([2H])c2[2H])nc(Nc2c(C)cc(/C=C/C#N)cc2C)c1[2H]. The van der Waals surface area contributed by atoms with Gasteiger partial charge in [-0.3, -0.25) is 0 Å². The van der Waals surface area contributed by atoms with Crippen LogP contribution in [0.2, 0.25) is 0 Å². The predicted molar refractivity (Wildman–Crippen MR) is 110 cm³/mol. The van der Waals surface area contributed by atoms with Crippen molar-refractivity contribution in [2.75, 3.05) is 10.6 Å². The summed E-state index contributed by atoms with van der Waals surface area (Å²) < 4.78 is 48.2. The molecule has 0 radical (unpaired) electrons. The Morgan fingerprint density at radius 2 is 1.75 bits per heavy atom. The minimum atomic E-state index is -0.510. The van der Waals surface area contributed by atoms with Crippen LogP contribution in [0, 0.1) is 36.5 Å². The Balaban J connectivity index is 2.04. The summed E-state index contributed by atoms with van der Waals surface area (Å²) in [5, 5.41) is 23.5. The maximum absolute atomic E-state index is 9.10. The number of nitrogens with zero attached hydrogens (tertiary/aromatic N) is 4. The molecule has 6 heteroatoms. The second-order valence-electron chi connectivity index (χ2n) is 5.74. The molecule has 0 amide bonds. The summed E-state index contributed by atoms with van der Waals surface area (Å²) in [6.45, 7) is 3.68. The highest BCUT2D eigenvalue weighted by atomic mass is 15.1. The number of rotatable bonds is 5. The molecule has 0 fully saturated rings. The van der Waals surface area contributed by atoms with Gasteiger partial charge in [0.1, 0.15) is 5.82 Å². The quantitative estimate of drug-likeness (QED) is 0.612. The van der Waals surface area contributed by atoms with Gasteiger partial charge in [0.15, 0.2) is 0 Å². The largest absolute Gasteiger partial charge is 0.340 e. The molecular weight excluding hydrogens is 348 g/mol. The summed E-state index contributed by atoms with van der Waals surface area (Å²) >= 11 is 0. The molecule has 6 nitrogen and oxygen atoms in total. The van der Waals surface area contributed by atoms with Gasteiger partial charge in [-0.1, -0.05) is 0 Å². The van der Waals surface area contributed by atoms with E-state index < -0.39 is 30.3 Å². The van der Waals surface area contributed by atoms with Crippen molar-refractivity contribution in [3.63, 3.8) is 0 Å². The van der Waals surface area contributed by atoms with E-state index in [1.165, 1.54) is 6.08 Å². The summed E-state index contributed by atoms with van der Waals surface area (Å²) in [6.07, 6.45) is 2.62. The molecule has 0 saturated heterocycles. The molecular formula is C22H18N6. The van der Waals surface area contributed by atoms with Gasteiger partial charge in [-0.25, -0.2) is 4.98 Å². The Hall–Kier alpha value is -4.16. The van der Waals surface area contributed by atoms with Crippen LogP contribution in [0.3, 0.4) is 0 Å². The third kappa shape index (κ3) is 4.51. The number of benzene rings is 2. The first-order valence-corrected chi connectivity index (χ1v) is 8.16. The number of allylic oxidation sites excluding steroid dienone is 1. The van der Waals surface area contributed by atoms with Crippen molar-refractivity contribution >= 4 is 29.2 Å². The summed E-state index contributed by atoms with van der Waals surface area (Å²) in [5.41, 5.74) is 2.45. The van der Waals surface area contributed by atoms with Crippen LogP contribution in [0.25, 0.3) is 6.08 Å². The summed E-state index contributed by atoms with van der Waals surface area (Å²) in [4.78, 5) is 8.08. The zero-order valence-corrected chi connectivity index (χ0v) is 15.1. The minimum absolute atomic E-state index is 0.00193. The summed E-state index contributed by atoms with van der Waals surface area (Å²) in [7, 11) is 0. The van der Waals surface area contributed by atoms with Crippen molar-refractivity contribution in [2.24, 2.45) is 0 Å². The number of aromatic nitrogens is 2. The van der Waals surface area contributed by atoms with Gasteiger partial charge in [0.2, 0.25) is 5.95 Å². The second-order valence-corrected chi connectivity index (χ2v) is 5.74. The fraction of sp³-hybridized carbons (Fsp3) is 0.0909. The molecule has 0 bridgehead atoms. The fourth-order valence-corrected chi connectivity index (χ4v) is 2.49. The molecule has 0 aliphatic carbocycles. The number of hydrogen-bond donors (Lipinski definition) is 2. The summed E-state index contributed by atoms with van der Waals surface area (Å²) in [5.74, 6) is -0.212. The second kappa shape index (κ2) is 8.48. The van der Waals surface area contributed by atoms with Crippen LogP contribution in [0.15, 0.2) is 54.6 Å². The first-order chi connectivity index (χ1) is 16.1. The van der Waals surface area contributed by atoms with Gasteiger partial charge in [0, 0.05) is 23.6 Å². The predicted octanol–water partition coefficient (Wildman–Crippen LogP) is 4.99. The molecule has 0 aliphatic heterocycles. The molecule has 3 aromatic rings. The average molecular weight is 372 g/mol. The molecule has 1 heterocycles. The van der Waals surface area contributed by atoms with E-state index in [2.05, 4.69) is 20.6 Å². The Kier molecular flexibility index (Phi) is 3.72. The lowest BCUT2D eigenvalue weighted by Gasteiger charge is -2.14. The highest BCUT2D eigenvalue weighted by Gasteiger charge is 2.07. The molecule has 0 spiro atoms. The minimum Gasteiger partial charge on any atom is -0.340 e. The van der Waals surface area contributed by atoms with Gasteiger partial charge in [-0.15, -0.1) is 0 Å². The number of nitrogens with one attached hydrogen (secondary N) is 2. The molecule has 0 saturated carbocycles. The van der Waals surface area contributed by atoms with E-state index in [9.17, 15) is 0 Å². The third-order valence-electron chi connectivity index (χ3n) is 3.68. The molecule has 3 rings (SSSR count). The van der Waals surface area contributed by atoms with Crippen LogP contribution in [0.1, 0.15) is 30.5 Å². The zero-order chi connectivity index (χ0) is 25.2. The van der Waals surface area contributed by atoms with E-state index in [0.717, 1.165) is 16.7 Å². The van der Waals surface area contributed by atoms with Crippen molar-refractivity contribution < 1.29 is 8.22 Å². The molecule has 0 atom stereocenters. The first-order valence-electron chi connectivity index (χ1n) is 11.2. The van der Waals surface area contributed by atoms with Crippen LogP contribution in [-0.4, -0.2) is 9.97 Å². The molecule has 28 heavy (non-hydrogen) atoms. The van der Waals surface area contributed by atoms with Crippen LogP contribution in [-0.2, 0) is 0 Å². The van der Waals surface area contributed by atoms with Gasteiger partial charge in [-0.2, -0.15) is 15.5 Å². The number of hydrogen-bond acceptors (Lipinski definition) is 6. The van der Waals surface area contributed by atoms with Crippen molar-refractivity contribution in [1.29, 1.82) is 10.5 Å². The van der Waals surface area contributed by atoms with Crippen LogP contribution < -0.4 is 10.6 Å². The standard InChI is InChI=1S/C22H18N6/c1-15-12-18(4-3-10-23)13-16(2)21(15)27-20-9-11-25-22(28-20)26-19-7-5-17(14-24)6-8-19/h3-9,11-13H,1-2H3,(H2,25,26,27,28)/b4-3+/i5D,6D,7D,8D,9D,11D. The smallest absolute Gasteiger partial charge is 0.229 e. The maximum atomic E-state index is 9.10. The molecule has 2 N–H and O–H groups in total. The Bertz CT molecular complexity index is 1370. The molecule has 0 unspecified atom stereocenters.